The molecule has 0 fully saturated rings. The number of amides is 3. The van der Waals surface area contributed by atoms with Crippen LogP contribution in [0.2, 0.25) is 0 Å². The number of aliphatic carboxylic acids is 1. The number of aryl methyl sites for hydroxylation is 1. The van der Waals surface area contributed by atoms with E-state index >= 15 is 0 Å². The summed E-state index contributed by atoms with van der Waals surface area (Å²) in [6, 6.07) is 1.05. The summed E-state index contributed by atoms with van der Waals surface area (Å²) in [5.74, 6) is -1.74. The first-order valence-corrected chi connectivity index (χ1v) is 6.00. The highest BCUT2D eigenvalue weighted by molar-refractivity contribution is 5.96. The highest BCUT2D eigenvalue weighted by atomic mass is 16.4. The Morgan fingerprint density at radius 3 is 2.55 bits per heavy atom. The van der Waals surface area contributed by atoms with E-state index in [9.17, 15) is 14.4 Å². The first kappa shape index (κ1) is 15.7. The molecular formula is C12H18N4O4. The van der Waals surface area contributed by atoms with Crippen molar-refractivity contribution in [3.8, 4) is 0 Å². The third-order valence-corrected chi connectivity index (χ3v) is 2.63. The van der Waals surface area contributed by atoms with Crippen molar-refractivity contribution in [3.63, 3.8) is 0 Å². The van der Waals surface area contributed by atoms with Crippen LogP contribution in [0.15, 0.2) is 12.3 Å². The lowest BCUT2D eigenvalue weighted by Gasteiger charge is -2.17. The summed E-state index contributed by atoms with van der Waals surface area (Å²) in [5, 5.41) is 17.5. The van der Waals surface area contributed by atoms with Gasteiger partial charge in [0.25, 0.3) is 0 Å². The topological polar surface area (TPSA) is 113 Å². The number of nitrogens with zero attached hydrogens (tertiary/aromatic N) is 2. The van der Waals surface area contributed by atoms with E-state index in [0.717, 1.165) is 0 Å². The van der Waals surface area contributed by atoms with Gasteiger partial charge in [0.05, 0.1) is 17.7 Å². The molecule has 0 bridgehead atoms. The Morgan fingerprint density at radius 2 is 2.05 bits per heavy atom. The number of imide groups is 1. The molecule has 8 heteroatoms. The van der Waals surface area contributed by atoms with Gasteiger partial charge in [-0.3, -0.25) is 19.6 Å². The number of urea groups is 1. The number of aromatic nitrogens is 2. The summed E-state index contributed by atoms with van der Waals surface area (Å²) in [7, 11) is 1.75. The minimum absolute atomic E-state index is 0.183. The number of nitrogens with one attached hydrogen (secondary N) is 2. The van der Waals surface area contributed by atoms with Crippen LogP contribution in [0, 0.1) is 5.41 Å². The quantitative estimate of drug-likeness (QED) is 0.716. The van der Waals surface area contributed by atoms with Gasteiger partial charge in [-0.2, -0.15) is 5.10 Å². The van der Waals surface area contributed by atoms with Crippen LogP contribution in [0.5, 0.6) is 0 Å². The molecule has 0 atom stereocenters. The lowest BCUT2D eigenvalue weighted by atomic mass is 9.89. The van der Waals surface area contributed by atoms with Gasteiger partial charge in [-0.1, -0.05) is 0 Å². The van der Waals surface area contributed by atoms with Crippen LogP contribution in [0.1, 0.15) is 26.0 Å². The molecule has 1 rings (SSSR count). The smallest absolute Gasteiger partial charge is 0.321 e. The first-order valence-electron chi connectivity index (χ1n) is 6.00. The van der Waals surface area contributed by atoms with Crippen molar-refractivity contribution < 1.29 is 19.5 Å². The van der Waals surface area contributed by atoms with Gasteiger partial charge in [-0.05, 0) is 19.9 Å². The molecule has 0 aliphatic carbocycles. The zero-order chi connectivity index (χ0) is 15.3. The van der Waals surface area contributed by atoms with Crippen LogP contribution in [-0.2, 0) is 23.2 Å². The molecule has 0 aliphatic rings. The summed E-state index contributed by atoms with van der Waals surface area (Å²) >= 11 is 0. The Hall–Kier alpha value is -2.38. The fourth-order valence-corrected chi connectivity index (χ4v) is 1.42. The lowest BCUT2D eigenvalue weighted by molar-refractivity contribution is -0.149. The summed E-state index contributed by atoms with van der Waals surface area (Å²) in [6.45, 7) is 3.02. The van der Waals surface area contributed by atoms with E-state index < -0.39 is 23.3 Å². The van der Waals surface area contributed by atoms with Crippen molar-refractivity contribution in [1.29, 1.82) is 0 Å². The Bertz CT molecular complexity index is 521. The normalized spacial score (nSPS) is 10.9. The van der Waals surface area contributed by atoms with Gasteiger partial charge in [-0.25, -0.2) is 4.79 Å². The second kappa shape index (κ2) is 6.18. The largest absolute Gasteiger partial charge is 0.481 e. The third-order valence-electron chi connectivity index (χ3n) is 2.63. The lowest BCUT2D eigenvalue weighted by Crippen LogP contribution is -2.41. The molecule has 20 heavy (non-hydrogen) atoms. The van der Waals surface area contributed by atoms with Gasteiger partial charge >= 0.3 is 12.0 Å². The molecule has 0 aromatic carbocycles. The molecule has 1 aromatic rings. The Morgan fingerprint density at radius 1 is 1.40 bits per heavy atom. The van der Waals surface area contributed by atoms with Crippen LogP contribution in [-0.4, -0.2) is 32.8 Å². The Kier molecular flexibility index (Phi) is 4.84. The second-order valence-electron chi connectivity index (χ2n) is 5.08. The van der Waals surface area contributed by atoms with Gasteiger partial charge in [0, 0.05) is 19.7 Å². The molecule has 0 unspecified atom stereocenters. The minimum Gasteiger partial charge on any atom is -0.481 e. The fraction of sp³-hybridized carbons (Fsp3) is 0.500. The number of rotatable bonds is 5. The maximum atomic E-state index is 11.5. The van der Waals surface area contributed by atoms with Crippen molar-refractivity contribution in [3.05, 3.63) is 18.0 Å². The van der Waals surface area contributed by atoms with Gasteiger partial charge in [0.1, 0.15) is 0 Å². The van der Waals surface area contributed by atoms with Crippen molar-refractivity contribution in [2.24, 2.45) is 12.5 Å². The van der Waals surface area contributed by atoms with Crippen molar-refractivity contribution in [1.82, 2.24) is 20.4 Å². The fourth-order valence-electron chi connectivity index (χ4n) is 1.42. The van der Waals surface area contributed by atoms with E-state index in [0.29, 0.717) is 5.69 Å². The van der Waals surface area contributed by atoms with E-state index in [1.54, 1.807) is 24.0 Å². The molecule has 1 heterocycles. The monoisotopic (exact) mass is 282 g/mol. The maximum absolute atomic E-state index is 11.5. The molecule has 0 spiro atoms. The number of hydrogen-bond donors (Lipinski definition) is 3. The molecule has 3 N–H and O–H groups in total. The molecule has 3 amide bonds. The Labute approximate surface area is 116 Å². The van der Waals surface area contributed by atoms with Gasteiger partial charge in [0.2, 0.25) is 5.91 Å². The average Bonchev–Trinajstić information content (AvgIpc) is 2.71. The molecule has 1 aromatic heterocycles. The second-order valence-corrected chi connectivity index (χ2v) is 5.08. The maximum Gasteiger partial charge on any atom is 0.321 e. The number of carboxylic acid groups (broad SMARTS) is 1. The summed E-state index contributed by atoms with van der Waals surface area (Å²) in [4.78, 5) is 33.9. The first-order chi connectivity index (χ1) is 9.20. The van der Waals surface area contributed by atoms with Crippen LogP contribution in [0.4, 0.5) is 4.79 Å². The number of carbonyl (C=O) groups is 3. The molecule has 0 radical (unpaired) electrons. The predicted octanol–water partition coefficient (Wildman–Crippen LogP) is 0.247. The molecule has 8 nitrogen and oxygen atoms in total. The average molecular weight is 282 g/mol. The van der Waals surface area contributed by atoms with Crippen LogP contribution in [0.3, 0.4) is 0 Å². The van der Waals surface area contributed by atoms with Crippen molar-refractivity contribution >= 4 is 17.9 Å². The Balaban J connectivity index is 2.39. The van der Waals surface area contributed by atoms with E-state index in [1.807, 2.05) is 0 Å². The van der Waals surface area contributed by atoms with Gasteiger partial charge < -0.3 is 10.4 Å². The molecule has 110 valence electrons. The highest BCUT2D eigenvalue weighted by Gasteiger charge is 2.30. The van der Waals surface area contributed by atoms with Gasteiger partial charge in [0.15, 0.2) is 0 Å². The predicted molar refractivity (Wildman–Crippen MR) is 69.6 cm³/mol. The van der Waals surface area contributed by atoms with E-state index in [-0.39, 0.29) is 13.0 Å². The SMILES string of the molecule is Cn1ccc(CNC(=O)NC(=O)CC(C)(C)C(=O)O)n1. The third kappa shape index (κ3) is 4.71. The molecule has 0 saturated heterocycles. The van der Waals surface area contributed by atoms with E-state index in [1.165, 1.54) is 13.8 Å². The van der Waals surface area contributed by atoms with Crippen LogP contribution < -0.4 is 10.6 Å². The van der Waals surface area contributed by atoms with Crippen LogP contribution in [0.25, 0.3) is 0 Å². The summed E-state index contributed by atoms with van der Waals surface area (Å²) < 4.78 is 1.59. The summed E-state index contributed by atoms with van der Waals surface area (Å²) in [6.07, 6.45) is 1.45. The summed E-state index contributed by atoms with van der Waals surface area (Å²) in [5.41, 5.74) is -0.563. The molecular weight excluding hydrogens is 264 g/mol. The van der Waals surface area contributed by atoms with E-state index in [2.05, 4.69) is 15.7 Å². The van der Waals surface area contributed by atoms with Gasteiger partial charge in [-0.15, -0.1) is 0 Å². The highest BCUT2D eigenvalue weighted by Crippen LogP contribution is 2.19. The molecule has 0 saturated carbocycles. The number of carboxylic acids is 1. The number of carbonyl (C=O) groups excluding carboxylic acids is 2. The molecule has 0 aliphatic heterocycles. The van der Waals surface area contributed by atoms with Crippen molar-refractivity contribution in [2.45, 2.75) is 26.8 Å². The van der Waals surface area contributed by atoms with Crippen molar-refractivity contribution in [2.75, 3.05) is 0 Å². The standard InChI is InChI=1S/C12H18N4O4/c1-12(2,10(18)19)6-9(17)14-11(20)13-7-8-4-5-16(3)15-8/h4-5H,6-7H2,1-3H3,(H,18,19)(H2,13,14,17,20). The zero-order valence-corrected chi connectivity index (χ0v) is 11.6. The van der Waals surface area contributed by atoms with E-state index in [4.69, 9.17) is 5.11 Å². The zero-order valence-electron chi connectivity index (χ0n) is 11.6. The number of hydrogen-bond acceptors (Lipinski definition) is 4. The van der Waals surface area contributed by atoms with Crippen LogP contribution >= 0.6 is 0 Å². The minimum atomic E-state index is -1.22.